The van der Waals surface area contributed by atoms with Crippen LogP contribution in [0.5, 0.6) is 5.75 Å². The Kier molecular flexibility index (Phi) is 4.34. The lowest BCUT2D eigenvalue weighted by Crippen LogP contribution is -2.40. The summed E-state index contributed by atoms with van der Waals surface area (Å²) >= 11 is 6.41. The number of para-hydroxylation sites is 1. The highest BCUT2D eigenvalue weighted by atomic mass is 35.5. The summed E-state index contributed by atoms with van der Waals surface area (Å²) in [7, 11) is -3.75. The highest BCUT2D eigenvalue weighted by molar-refractivity contribution is 7.89. The summed E-state index contributed by atoms with van der Waals surface area (Å²) < 4.78 is 35.0. The molecule has 1 aliphatic heterocycles. The molecule has 3 aromatic rings. The molecule has 1 aliphatic carbocycles. The lowest BCUT2D eigenvalue weighted by atomic mass is 10.1. The fourth-order valence-electron chi connectivity index (χ4n) is 3.96. The summed E-state index contributed by atoms with van der Waals surface area (Å²) in [6.45, 7) is 0.335. The summed E-state index contributed by atoms with van der Waals surface area (Å²) in [5.74, 6) is 0.851. The molecule has 5 rings (SSSR count). The molecular formula is C22H20ClNO3S. The Bertz CT molecular complexity index is 1130. The van der Waals surface area contributed by atoms with Gasteiger partial charge in [0.05, 0.1) is 11.6 Å². The van der Waals surface area contributed by atoms with Crippen LogP contribution in [0, 0.1) is 0 Å². The number of benzene rings is 3. The Balaban J connectivity index is 1.52. The molecule has 144 valence electrons. The van der Waals surface area contributed by atoms with Crippen molar-refractivity contribution in [3.63, 3.8) is 0 Å². The number of halogens is 1. The minimum Gasteiger partial charge on any atom is -0.488 e. The van der Waals surface area contributed by atoms with E-state index in [1.54, 1.807) is 10.4 Å². The van der Waals surface area contributed by atoms with Crippen LogP contribution in [0.2, 0.25) is 5.02 Å². The molecule has 0 amide bonds. The van der Waals surface area contributed by atoms with E-state index in [9.17, 15) is 8.42 Å². The Labute approximate surface area is 169 Å². The van der Waals surface area contributed by atoms with Crippen molar-refractivity contribution in [2.45, 2.75) is 36.3 Å². The number of hydrogen-bond donors (Lipinski definition) is 0. The number of fused-ring (bicyclic) bond motifs is 2. The van der Waals surface area contributed by atoms with E-state index >= 15 is 0 Å². The topological polar surface area (TPSA) is 46.6 Å². The first-order chi connectivity index (χ1) is 13.5. The zero-order chi connectivity index (χ0) is 19.3. The van der Waals surface area contributed by atoms with Gasteiger partial charge in [0, 0.05) is 17.8 Å². The maximum atomic E-state index is 13.7. The summed E-state index contributed by atoms with van der Waals surface area (Å²) in [5.41, 5.74) is 1.13. The van der Waals surface area contributed by atoms with Crippen LogP contribution in [0.3, 0.4) is 0 Å². The Hall–Kier alpha value is -2.08. The normalized spacial score (nSPS) is 19.0. The van der Waals surface area contributed by atoms with Gasteiger partial charge in [-0.25, -0.2) is 8.42 Å². The predicted molar refractivity (Wildman–Crippen MR) is 110 cm³/mol. The van der Waals surface area contributed by atoms with Crippen molar-refractivity contribution < 1.29 is 13.2 Å². The van der Waals surface area contributed by atoms with Crippen LogP contribution in [0.1, 0.15) is 18.4 Å². The fraction of sp³-hybridized carbons (Fsp3) is 0.273. The quantitative estimate of drug-likeness (QED) is 0.611. The third-order valence-electron chi connectivity index (χ3n) is 5.45. The van der Waals surface area contributed by atoms with Crippen LogP contribution in [0.4, 0.5) is 0 Å². The lowest BCUT2D eigenvalue weighted by molar-refractivity contribution is 0.192. The molecule has 6 heteroatoms. The highest BCUT2D eigenvalue weighted by Gasteiger charge is 2.42. The fourth-order valence-corrected chi connectivity index (χ4v) is 6.39. The van der Waals surface area contributed by atoms with Gasteiger partial charge in [0.2, 0.25) is 10.0 Å². The van der Waals surface area contributed by atoms with Gasteiger partial charge >= 0.3 is 0 Å². The van der Waals surface area contributed by atoms with Crippen LogP contribution in [0.15, 0.2) is 65.6 Å². The molecule has 28 heavy (non-hydrogen) atoms. The van der Waals surface area contributed by atoms with E-state index in [2.05, 4.69) is 0 Å². The van der Waals surface area contributed by atoms with Crippen LogP contribution < -0.4 is 4.74 Å². The second kappa shape index (κ2) is 6.76. The van der Waals surface area contributed by atoms with Crippen molar-refractivity contribution >= 4 is 32.4 Å². The minimum atomic E-state index is -3.75. The predicted octanol–water partition coefficient (Wildman–Crippen LogP) is 4.65. The minimum absolute atomic E-state index is 0.0207. The van der Waals surface area contributed by atoms with Gasteiger partial charge < -0.3 is 4.74 Å². The highest BCUT2D eigenvalue weighted by Crippen LogP contribution is 2.39. The number of sulfonamides is 1. The van der Waals surface area contributed by atoms with Crippen LogP contribution in [0.25, 0.3) is 10.8 Å². The average molecular weight is 414 g/mol. The molecule has 1 atom stereocenters. The molecule has 0 N–H and O–H groups in total. The molecule has 1 heterocycles. The molecule has 0 radical (unpaired) electrons. The van der Waals surface area contributed by atoms with E-state index in [1.165, 1.54) is 0 Å². The second-order valence-electron chi connectivity index (χ2n) is 7.46. The van der Waals surface area contributed by atoms with Crippen molar-refractivity contribution in [3.05, 3.63) is 71.2 Å². The maximum absolute atomic E-state index is 13.7. The SMILES string of the molecule is O=S(=O)(c1c(Cl)ccc2ccccc12)N(CC1Cc2ccccc2O1)C1CC1. The summed E-state index contributed by atoms with van der Waals surface area (Å²) in [5, 5.41) is 1.79. The Morgan fingerprint density at radius 1 is 1.00 bits per heavy atom. The van der Waals surface area contributed by atoms with Gasteiger partial charge in [-0.05, 0) is 35.9 Å². The summed E-state index contributed by atoms with van der Waals surface area (Å²) in [6, 6.07) is 18.9. The van der Waals surface area contributed by atoms with E-state index in [0.717, 1.165) is 36.0 Å². The standard InChI is InChI=1S/C22H20ClNO3S/c23-20-12-9-15-5-1-3-7-19(15)22(20)28(25,26)24(17-10-11-17)14-18-13-16-6-2-4-8-21(16)27-18/h1-9,12,17-18H,10-11,13-14H2. The van der Waals surface area contributed by atoms with Crippen LogP contribution in [-0.2, 0) is 16.4 Å². The van der Waals surface area contributed by atoms with Crippen molar-refractivity contribution in [3.8, 4) is 5.75 Å². The zero-order valence-electron chi connectivity index (χ0n) is 15.2. The zero-order valence-corrected chi connectivity index (χ0v) is 16.8. The molecule has 4 nitrogen and oxygen atoms in total. The van der Waals surface area contributed by atoms with Crippen molar-refractivity contribution in [1.29, 1.82) is 0 Å². The molecule has 0 saturated heterocycles. The summed E-state index contributed by atoms with van der Waals surface area (Å²) in [6.07, 6.45) is 2.29. The molecule has 3 aromatic carbocycles. The number of nitrogens with zero attached hydrogens (tertiary/aromatic N) is 1. The van der Waals surface area contributed by atoms with Crippen LogP contribution in [-0.4, -0.2) is 31.4 Å². The Morgan fingerprint density at radius 2 is 1.75 bits per heavy atom. The maximum Gasteiger partial charge on any atom is 0.245 e. The smallest absolute Gasteiger partial charge is 0.245 e. The van der Waals surface area contributed by atoms with Crippen molar-refractivity contribution in [2.75, 3.05) is 6.54 Å². The first kappa shape index (κ1) is 18.0. The third-order valence-corrected chi connectivity index (χ3v) is 7.90. The largest absolute Gasteiger partial charge is 0.488 e. The van der Waals surface area contributed by atoms with Crippen molar-refractivity contribution in [1.82, 2.24) is 4.31 Å². The van der Waals surface area contributed by atoms with E-state index < -0.39 is 10.0 Å². The van der Waals surface area contributed by atoms with Gasteiger partial charge in [-0.2, -0.15) is 4.31 Å². The molecule has 1 fully saturated rings. The van der Waals surface area contributed by atoms with Gasteiger partial charge in [-0.15, -0.1) is 0 Å². The van der Waals surface area contributed by atoms with E-state index in [0.29, 0.717) is 11.9 Å². The number of rotatable bonds is 5. The molecule has 0 aromatic heterocycles. The first-order valence-corrected chi connectivity index (χ1v) is 11.3. The Morgan fingerprint density at radius 3 is 2.54 bits per heavy atom. The molecule has 2 aliphatic rings. The van der Waals surface area contributed by atoms with E-state index in [1.807, 2.05) is 54.6 Å². The molecule has 1 unspecified atom stereocenters. The molecule has 0 bridgehead atoms. The molecule has 0 spiro atoms. The van der Waals surface area contributed by atoms with E-state index in [4.69, 9.17) is 16.3 Å². The van der Waals surface area contributed by atoms with Crippen LogP contribution >= 0.6 is 11.6 Å². The molecule has 1 saturated carbocycles. The molecular weight excluding hydrogens is 394 g/mol. The second-order valence-corrected chi connectivity index (χ2v) is 9.69. The van der Waals surface area contributed by atoms with Gasteiger partial charge in [-0.3, -0.25) is 0 Å². The average Bonchev–Trinajstić information content (AvgIpc) is 3.44. The van der Waals surface area contributed by atoms with Crippen molar-refractivity contribution in [2.24, 2.45) is 0 Å². The van der Waals surface area contributed by atoms with E-state index in [-0.39, 0.29) is 22.1 Å². The summed E-state index contributed by atoms with van der Waals surface area (Å²) in [4.78, 5) is 0.203. The van der Waals surface area contributed by atoms with Gasteiger partial charge in [-0.1, -0.05) is 60.1 Å². The number of ether oxygens (including phenoxy) is 1. The van der Waals surface area contributed by atoms with Gasteiger partial charge in [0.25, 0.3) is 0 Å². The van der Waals surface area contributed by atoms with Gasteiger partial charge in [0.1, 0.15) is 16.7 Å². The third kappa shape index (κ3) is 3.08. The monoisotopic (exact) mass is 413 g/mol. The number of hydrogen-bond acceptors (Lipinski definition) is 3. The van der Waals surface area contributed by atoms with Gasteiger partial charge in [0.15, 0.2) is 0 Å². The first-order valence-electron chi connectivity index (χ1n) is 9.48. The lowest BCUT2D eigenvalue weighted by Gasteiger charge is -2.26.